The van der Waals surface area contributed by atoms with Crippen LogP contribution in [0.5, 0.6) is 0 Å². The van der Waals surface area contributed by atoms with Crippen molar-refractivity contribution in [3.63, 3.8) is 0 Å². The van der Waals surface area contributed by atoms with Gasteiger partial charge >= 0.3 is 0 Å². The third kappa shape index (κ3) is 2.85. The van der Waals surface area contributed by atoms with Crippen LogP contribution in [0.25, 0.3) is 11.1 Å². The topological polar surface area (TPSA) is 43.1 Å². The Bertz CT molecular complexity index is 459. The number of para-hydroxylation sites is 2. The molecular weight excluding hydrogens is 222 g/mol. The summed E-state index contributed by atoms with van der Waals surface area (Å²) in [6.07, 6.45) is 1.51. The fourth-order valence-electron chi connectivity index (χ4n) is 1.39. The maximum absolute atomic E-state index is 10.7. The number of fused-ring (bicyclic) bond motifs is 1. The van der Waals surface area contributed by atoms with Crippen LogP contribution in [0.15, 0.2) is 33.9 Å². The molecule has 3 nitrogen and oxygen atoms in total. The lowest BCUT2D eigenvalue weighted by Gasteiger charge is -1.94. The van der Waals surface area contributed by atoms with E-state index in [0.717, 1.165) is 23.3 Å². The monoisotopic (exact) mass is 235 g/mol. The molecule has 16 heavy (non-hydrogen) atoms. The zero-order valence-electron chi connectivity index (χ0n) is 9.10. The number of aromatic nitrogens is 1. The fourth-order valence-corrected chi connectivity index (χ4v) is 2.17. The van der Waals surface area contributed by atoms with Gasteiger partial charge in [-0.05, 0) is 25.5 Å². The number of oxazole rings is 1. The average Bonchev–Trinajstić information content (AvgIpc) is 2.66. The first-order valence-corrected chi connectivity index (χ1v) is 6.22. The van der Waals surface area contributed by atoms with Crippen molar-refractivity contribution in [2.45, 2.75) is 25.0 Å². The van der Waals surface area contributed by atoms with Crippen LogP contribution in [0.1, 0.15) is 19.8 Å². The van der Waals surface area contributed by atoms with Crippen molar-refractivity contribution in [2.24, 2.45) is 0 Å². The summed E-state index contributed by atoms with van der Waals surface area (Å²) in [5.41, 5.74) is 1.70. The van der Waals surface area contributed by atoms with Crippen molar-refractivity contribution in [1.82, 2.24) is 4.98 Å². The Morgan fingerprint density at radius 2 is 2.25 bits per heavy atom. The van der Waals surface area contributed by atoms with Gasteiger partial charge in [0, 0.05) is 12.2 Å². The van der Waals surface area contributed by atoms with Crippen molar-refractivity contribution >= 4 is 28.6 Å². The van der Waals surface area contributed by atoms with Gasteiger partial charge in [-0.1, -0.05) is 23.9 Å². The number of rotatable bonds is 5. The summed E-state index contributed by atoms with van der Waals surface area (Å²) >= 11 is 1.56. The highest BCUT2D eigenvalue weighted by Gasteiger charge is 2.05. The molecule has 4 heteroatoms. The van der Waals surface area contributed by atoms with E-state index in [1.165, 1.54) is 0 Å². The van der Waals surface area contributed by atoms with Gasteiger partial charge in [0.05, 0.1) is 0 Å². The lowest BCUT2D eigenvalue weighted by atomic mass is 10.3. The van der Waals surface area contributed by atoms with Crippen LogP contribution in [-0.2, 0) is 4.79 Å². The Morgan fingerprint density at radius 3 is 3.00 bits per heavy atom. The number of carbonyl (C=O) groups excluding carboxylic acids is 1. The zero-order valence-corrected chi connectivity index (χ0v) is 9.92. The first-order valence-electron chi connectivity index (χ1n) is 5.23. The first kappa shape index (κ1) is 11.2. The Balaban J connectivity index is 1.92. The van der Waals surface area contributed by atoms with E-state index in [-0.39, 0.29) is 5.78 Å². The molecule has 0 aliphatic heterocycles. The van der Waals surface area contributed by atoms with Crippen LogP contribution in [-0.4, -0.2) is 16.5 Å². The van der Waals surface area contributed by atoms with Crippen molar-refractivity contribution in [3.8, 4) is 0 Å². The maximum Gasteiger partial charge on any atom is 0.256 e. The van der Waals surface area contributed by atoms with Crippen molar-refractivity contribution < 1.29 is 9.21 Å². The van der Waals surface area contributed by atoms with E-state index in [9.17, 15) is 4.79 Å². The lowest BCUT2D eigenvalue weighted by Crippen LogP contribution is -1.90. The molecule has 0 aliphatic carbocycles. The highest BCUT2D eigenvalue weighted by Crippen LogP contribution is 2.23. The third-order valence-corrected chi connectivity index (χ3v) is 3.09. The predicted octanol–water partition coefficient (Wildman–Crippen LogP) is 3.29. The summed E-state index contributed by atoms with van der Waals surface area (Å²) in [4.78, 5) is 15.1. The van der Waals surface area contributed by atoms with Crippen LogP contribution in [0.4, 0.5) is 0 Å². The second kappa shape index (κ2) is 5.16. The molecule has 2 rings (SSSR count). The normalized spacial score (nSPS) is 10.8. The van der Waals surface area contributed by atoms with Gasteiger partial charge in [-0.25, -0.2) is 4.98 Å². The summed E-state index contributed by atoms with van der Waals surface area (Å²) in [7, 11) is 0. The smallest absolute Gasteiger partial charge is 0.256 e. The third-order valence-electron chi connectivity index (χ3n) is 2.17. The predicted molar refractivity (Wildman–Crippen MR) is 64.6 cm³/mol. The standard InChI is InChI=1S/C12H13NO2S/c1-9(14)5-4-8-16-12-13-10-6-2-3-7-11(10)15-12/h2-3,6-7H,4-5,8H2,1H3. The summed E-state index contributed by atoms with van der Waals surface area (Å²) < 4.78 is 5.54. The quantitative estimate of drug-likeness (QED) is 0.589. The minimum absolute atomic E-state index is 0.234. The molecule has 2 aromatic rings. The van der Waals surface area contributed by atoms with Crippen LogP contribution in [0, 0.1) is 0 Å². The number of benzene rings is 1. The van der Waals surface area contributed by atoms with Gasteiger partial charge < -0.3 is 9.21 Å². The second-order valence-electron chi connectivity index (χ2n) is 3.60. The molecule has 0 spiro atoms. The minimum atomic E-state index is 0.234. The van der Waals surface area contributed by atoms with E-state index in [1.807, 2.05) is 24.3 Å². The molecule has 0 saturated carbocycles. The van der Waals surface area contributed by atoms with Crippen molar-refractivity contribution in [3.05, 3.63) is 24.3 Å². The summed E-state index contributed by atoms with van der Waals surface area (Å²) in [6.45, 7) is 1.62. The Hall–Kier alpha value is -1.29. The number of Topliss-reactive ketones (excluding diaryl/α,β-unsaturated/α-hetero) is 1. The van der Waals surface area contributed by atoms with Crippen LogP contribution >= 0.6 is 11.8 Å². The van der Waals surface area contributed by atoms with Crippen LogP contribution in [0.2, 0.25) is 0 Å². The Labute approximate surface area is 98.2 Å². The van der Waals surface area contributed by atoms with Gasteiger partial charge in [-0.3, -0.25) is 0 Å². The number of nitrogens with zero attached hydrogens (tertiary/aromatic N) is 1. The molecule has 1 aromatic heterocycles. The second-order valence-corrected chi connectivity index (χ2v) is 4.65. The SMILES string of the molecule is CC(=O)CCCSc1nc2ccccc2o1. The number of hydrogen-bond acceptors (Lipinski definition) is 4. The van der Waals surface area contributed by atoms with Gasteiger partial charge in [0.15, 0.2) is 5.58 Å². The van der Waals surface area contributed by atoms with E-state index in [1.54, 1.807) is 18.7 Å². The number of hydrogen-bond donors (Lipinski definition) is 0. The molecule has 0 aliphatic rings. The molecule has 0 N–H and O–H groups in total. The molecule has 0 bridgehead atoms. The number of carbonyl (C=O) groups is 1. The highest BCUT2D eigenvalue weighted by atomic mass is 32.2. The molecule has 1 aromatic carbocycles. The summed E-state index contributed by atoms with van der Waals surface area (Å²) in [5.74, 6) is 1.10. The Morgan fingerprint density at radius 1 is 1.44 bits per heavy atom. The van der Waals surface area contributed by atoms with E-state index in [4.69, 9.17) is 4.42 Å². The zero-order chi connectivity index (χ0) is 11.4. The molecule has 0 unspecified atom stereocenters. The molecule has 84 valence electrons. The molecule has 0 amide bonds. The van der Waals surface area contributed by atoms with Crippen molar-refractivity contribution in [1.29, 1.82) is 0 Å². The first-order chi connectivity index (χ1) is 7.75. The van der Waals surface area contributed by atoms with Gasteiger partial charge in [0.1, 0.15) is 11.3 Å². The van der Waals surface area contributed by atoms with E-state index < -0.39 is 0 Å². The minimum Gasteiger partial charge on any atom is -0.431 e. The molecule has 0 atom stereocenters. The van der Waals surface area contributed by atoms with Crippen LogP contribution < -0.4 is 0 Å². The number of ketones is 1. The van der Waals surface area contributed by atoms with Gasteiger partial charge in [-0.15, -0.1) is 0 Å². The maximum atomic E-state index is 10.7. The molecule has 0 fully saturated rings. The fraction of sp³-hybridized carbons (Fsp3) is 0.333. The van der Waals surface area contributed by atoms with E-state index in [0.29, 0.717) is 11.6 Å². The van der Waals surface area contributed by atoms with Crippen molar-refractivity contribution in [2.75, 3.05) is 5.75 Å². The molecule has 1 heterocycles. The summed E-state index contributed by atoms with van der Waals surface area (Å²) in [5, 5.41) is 0.685. The Kier molecular flexibility index (Phi) is 3.62. The van der Waals surface area contributed by atoms with Gasteiger partial charge in [-0.2, -0.15) is 0 Å². The largest absolute Gasteiger partial charge is 0.431 e. The highest BCUT2D eigenvalue weighted by molar-refractivity contribution is 7.99. The van der Waals surface area contributed by atoms with Gasteiger partial charge in [0.25, 0.3) is 5.22 Å². The van der Waals surface area contributed by atoms with E-state index in [2.05, 4.69) is 4.98 Å². The molecule has 0 saturated heterocycles. The van der Waals surface area contributed by atoms with Crippen LogP contribution in [0.3, 0.4) is 0 Å². The lowest BCUT2D eigenvalue weighted by molar-refractivity contribution is -0.117. The molecule has 0 radical (unpaired) electrons. The average molecular weight is 235 g/mol. The van der Waals surface area contributed by atoms with Gasteiger partial charge in [0.2, 0.25) is 0 Å². The number of thioether (sulfide) groups is 1. The summed E-state index contributed by atoms with van der Waals surface area (Å²) in [6, 6.07) is 7.70. The van der Waals surface area contributed by atoms with E-state index >= 15 is 0 Å². The molecular formula is C12H13NO2S.